The van der Waals surface area contributed by atoms with E-state index in [4.69, 9.17) is 14.1 Å². The molecule has 0 radical (unpaired) electrons. The number of aryl methyl sites for hydroxylation is 1. The maximum absolute atomic E-state index is 13.2. The number of nitrogens with zero attached hydrogens (tertiary/aromatic N) is 1. The van der Waals surface area contributed by atoms with Crippen LogP contribution in [0.4, 0.5) is 0 Å². The lowest BCUT2D eigenvalue weighted by atomic mass is 9.64. The first-order valence-corrected chi connectivity index (χ1v) is 10.3. The molecule has 30 heavy (non-hydrogen) atoms. The molecule has 1 aromatic carbocycles. The van der Waals surface area contributed by atoms with Crippen LogP contribution >= 0.6 is 0 Å². The molecule has 2 aliphatic rings. The van der Waals surface area contributed by atoms with Crippen LogP contribution in [0.5, 0.6) is 0 Å². The topological polar surface area (TPSA) is 68.9 Å². The molecule has 1 saturated carbocycles. The fraction of sp³-hybridized carbons (Fsp3) is 0.400. The third-order valence-corrected chi connectivity index (χ3v) is 5.86. The van der Waals surface area contributed by atoms with Crippen molar-refractivity contribution in [3.05, 3.63) is 70.8 Å². The first kappa shape index (κ1) is 20.3. The number of benzene rings is 1. The van der Waals surface area contributed by atoms with Crippen LogP contribution in [0.1, 0.15) is 56.6 Å². The molecular weight excluding hydrogens is 378 g/mol. The van der Waals surface area contributed by atoms with Crippen molar-refractivity contribution in [2.75, 3.05) is 0 Å². The molecule has 5 heteroatoms. The summed E-state index contributed by atoms with van der Waals surface area (Å²) in [6.45, 7) is 8.01. The highest BCUT2D eigenvalue weighted by Gasteiger charge is 2.48. The second-order valence-corrected chi connectivity index (χ2v) is 9.05. The normalized spacial score (nSPS) is 23.1. The highest BCUT2D eigenvalue weighted by molar-refractivity contribution is 6.12. The van der Waals surface area contributed by atoms with E-state index in [0.717, 1.165) is 23.5 Å². The molecule has 1 fully saturated rings. The van der Waals surface area contributed by atoms with Crippen LogP contribution in [0.2, 0.25) is 0 Å². The molecule has 2 aromatic rings. The van der Waals surface area contributed by atoms with E-state index in [1.165, 1.54) is 0 Å². The third-order valence-electron chi connectivity index (χ3n) is 5.86. The van der Waals surface area contributed by atoms with Gasteiger partial charge < -0.3 is 9.15 Å². The lowest BCUT2D eigenvalue weighted by Gasteiger charge is -2.40. The molecule has 0 spiro atoms. The molecule has 1 aliphatic carbocycles. The van der Waals surface area contributed by atoms with Crippen molar-refractivity contribution in [1.29, 1.82) is 0 Å². The van der Waals surface area contributed by atoms with Crippen LogP contribution in [0.15, 0.2) is 63.1 Å². The van der Waals surface area contributed by atoms with Crippen molar-refractivity contribution in [3.8, 4) is 0 Å². The van der Waals surface area contributed by atoms with Crippen LogP contribution in [0.3, 0.4) is 0 Å². The molecular formula is C25H27NO4. The van der Waals surface area contributed by atoms with Crippen molar-refractivity contribution in [1.82, 2.24) is 0 Å². The molecule has 2 atom stereocenters. The fourth-order valence-electron chi connectivity index (χ4n) is 4.59. The summed E-state index contributed by atoms with van der Waals surface area (Å²) in [5.41, 5.74) is 2.63. The molecule has 1 unspecified atom stereocenters. The minimum Gasteiger partial charge on any atom is -0.466 e. The largest absolute Gasteiger partial charge is 0.466 e. The summed E-state index contributed by atoms with van der Waals surface area (Å²) in [5, 5.41) is 0. The van der Waals surface area contributed by atoms with Gasteiger partial charge in [-0.2, -0.15) is 0 Å². The zero-order chi connectivity index (χ0) is 21.5. The highest BCUT2D eigenvalue weighted by atomic mass is 16.5. The van der Waals surface area contributed by atoms with Crippen molar-refractivity contribution < 1.29 is 18.7 Å². The Balaban J connectivity index is 1.72. The van der Waals surface area contributed by atoms with Gasteiger partial charge in [-0.1, -0.05) is 44.2 Å². The predicted octanol–water partition coefficient (Wildman–Crippen LogP) is 5.15. The zero-order valence-electron chi connectivity index (χ0n) is 17.9. The minimum atomic E-state index is -0.502. The van der Waals surface area contributed by atoms with Gasteiger partial charge >= 0.3 is 5.97 Å². The summed E-state index contributed by atoms with van der Waals surface area (Å²) >= 11 is 0. The fourth-order valence-corrected chi connectivity index (χ4v) is 4.59. The summed E-state index contributed by atoms with van der Waals surface area (Å²) in [6, 6.07) is 13.3. The minimum absolute atomic E-state index is 0.102. The van der Waals surface area contributed by atoms with Gasteiger partial charge in [-0.25, -0.2) is 4.79 Å². The molecule has 4 rings (SSSR count). The van der Waals surface area contributed by atoms with Gasteiger partial charge in [0.1, 0.15) is 23.9 Å². The number of furan rings is 1. The Hall–Kier alpha value is -2.95. The predicted molar refractivity (Wildman–Crippen MR) is 114 cm³/mol. The first-order chi connectivity index (χ1) is 14.2. The van der Waals surface area contributed by atoms with Crippen molar-refractivity contribution in [3.63, 3.8) is 0 Å². The van der Waals surface area contributed by atoms with E-state index in [2.05, 4.69) is 13.8 Å². The van der Waals surface area contributed by atoms with Gasteiger partial charge in [0.2, 0.25) is 0 Å². The molecule has 0 bridgehead atoms. The molecule has 156 valence electrons. The van der Waals surface area contributed by atoms with E-state index >= 15 is 0 Å². The Bertz CT molecular complexity index is 1040. The molecule has 2 heterocycles. The smallest absolute Gasteiger partial charge is 0.336 e. The van der Waals surface area contributed by atoms with Crippen LogP contribution in [-0.4, -0.2) is 17.5 Å². The second-order valence-electron chi connectivity index (χ2n) is 9.05. The number of esters is 1. The SMILES string of the molecule is CC1=C(C(=O)OCc2ccccc2)[C@H](c2ccc(C)o2)C2C(=O)CC(C)(C)CC2=N1. The van der Waals surface area contributed by atoms with Crippen LogP contribution in [0.25, 0.3) is 0 Å². The summed E-state index contributed by atoms with van der Waals surface area (Å²) in [6.07, 6.45) is 1.18. The number of carbonyl (C=O) groups excluding carboxylic acids is 2. The van der Waals surface area contributed by atoms with Crippen molar-refractivity contribution in [2.45, 2.75) is 53.1 Å². The lowest BCUT2D eigenvalue weighted by molar-refractivity contribution is -0.141. The van der Waals surface area contributed by atoms with Crippen LogP contribution in [0, 0.1) is 18.3 Å². The van der Waals surface area contributed by atoms with E-state index in [0.29, 0.717) is 23.5 Å². The van der Waals surface area contributed by atoms with E-state index in [1.807, 2.05) is 56.3 Å². The monoisotopic (exact) mass is 405 g/mol. The Labute approximate surface area is 176 Å². The summed E-state index contributed by atoms with van der Waals surface area (Å²) < 4.78 is 11.5. The van der Waals surface area contributed by atoms with Crippen molar-refractivity contribution in [2.24, 2.45) is 16.3 Å². The Kier molecular flexibility index (Phi) is 5.22. The highest BCUT2D eigenvalue weighted by Crippen LogP contribution is 2.47. The van der Waals surface area contributed by atoms with Gasteiger partial charge in [0, 0.05) is 17.8 Å². The van der Waals surface area contributed by atoms with Gasteiger partial charge in [0.25, 0.3) is 0 Å². The van der Waals surface area contributed by atoms with Gasteiger partial charge in [-0.3, -0.25) is 9.79 Å². The number of aliphatic imine (C=N–C) groups is 1. The Morgan fingerprint density at radius 3 is 2.50 bits per heavy atom. The lowest BCUT2D eigenvalue weighted by Crippen LogP contribution is -2.44. The van der Waals surface area contributed by atoms with Crippen molar-refractivity contribution >= 4 is 17.5 Å². The number of hydrogen-bond acceptors (Lipinski definition) is 5. The maximum atomic E-state index is 13.2. The van der Waals surface area contributed by atoms with Gasteiger partial charge in [-0.05, 0) is 43.4 Å². The number of hydrogen-bond donors (Lipinski definition) is 0. The summed E-state index contributed by atoms with van der Waals surface area (Å²) in [7, 11) is 0. The number of allylic oxidation sites excluding steroid dienone is 1. The molecule has 0 saturated heterocycles. The second kappa shape index (κ2) is 7.71. The van der Waals surface area contributed by atoms with Crippen LogP contribution < -0.4 is 0 Å². The standard InChI is InChI=1S/C25H27NO4/c1-15-10-11-20(30-15)23-21(24(28)29-14-17-8-6-5-7-9-17)16(2)26-18-12-25(3,4)13-19(27)22(18)23/h5-11,22-23H,12-14H2,1-4H3/t22?,23-/m0/s1. The van der Waals surface area contributed by atoms with E-state index < -0.39 is 17.8 Å². The number of Topliss-reactive ketones (excluding diaryl/α,β-unsaturated/α-hetero) is 1. The summed E-state index contributed by atoms with van der Waals surface area (Å²) in [5.74, 6) is 0.0293. The van der Waals surface area contributed by atoms with E-state index in [1.54, 1.807) is 0 Å². The number of fused-ring (bicyclic) bond motifs is 1. The number of ether oxygens (including phenoxy) is 1. The van der Waals surface area contributed by atoms with Gasteiger partial charge in [0.05, 0.1) is 17.4 Å². The first-order valence-electron chi connectivity index (χ1n) is 10.3. The quantitative estimate of drug-likeness (QED) is 0.660. The maximum Gasteiger partial charge on any atom is 0.336 e. The molecule has 1 aliphatic heterocycles. The molecule has 0 N–H and O–H groups in total. The third kappa shape index (κ3) is 3.89. The summed E-state index contributed by atoms with van der Waals surface area (Å²) in [4.78, 5) is 31.1. The molecule has 5 nitrogen and oxygen atoms in total. The van der Waals surface area contributed by atoms with Gasteiger partial charge in [-0.15, -0.1) is 0 Å². The number of carbonyl (C=O) groups is 2. The average molecular weight is 405 g/mol. The van der Waals surface area contributed by atoms with Crippen LogP contribution in [-0.2, 0) is 20.9 Å². The average Bonchev–Trinajstić information content (AvgIpc) is 3.11. The number of ketones is 1. The number of rotatable bonds is 4. The Morgan fingerprint density at radius 1 is 1.10 bits per heavy atom. The Morgan fingerprint density at radius 2 is 1.83 bits per heavy atom. The van der Waals surface area contributed by atoms with Gasteiger partial charge in [0.15, 0.2) is 0 Å². The zero-order valence-corrected chi connectivity index (χ0v) is 17.9. The molecule has 1 aromatic heterocycles. The molecule has 0 amide bonds. The van der Waals surface area contributed by atoms with E-state index in [9.17, 15) is 9.59 Å². The van der Waals surface area contributed by atoms with E-state index in [-0.39, 0.29) is 17.8 Å².